The van der Waals surface area contributed by atoms with Crippen molar-refractivity contribution in [3.63, 3.8) is 0 Å². The number of nitrogens with two attached hydrogens (primary N) is 1. The van der Waals surface area contributed by atoms with E-state index >= 15 is 0 Å². The molecule has 17 heavy (non-hydrogen) atoms. The summed E-state index contributed by atoms with van der Waals surface area (Å²) in [6.07, 6.45) is 3.71. The molecule has 1 aliphatic rings. The summed E-state index contributed by atoms with van der Waals surface area (Å²) in [6.45, 7) is 1.47. The Morgan fingerprint density at radius 3 is 2.82 bits per heavy atom. The maximum Gasteiger partial charge on any atom is 0.216 e. The molecule has 0 aliphatic heterocycles. The number of pyridine rings is 1. The number of ether oxygens (including phenoxy) is 2. The molecule has 0 aromatic carbocycles. The van der Waals surface area contributed by atoms with Crippen molar-refractivity contribution in [1.29, 1.82) is 0 Å². The average Bonchev–Trinajstić information content (AvgIpc) is 2.84. The normalized spacial score (nSPS) is 23.6. The standard InChI is InChI=1S/C13H20N2O2/c1-16-12-6-3-7-13(15-12)17-9-11-5-2-4-10(11)8-14/h3,6-7,10-11H,2,4-5,8-9,14H2,1H3. The van der Waals surface area contributed by atoms with E-state index in [2.05, 4.69) is 4.98 Å². The zero-order valence-corrected chi connectivity index (χ0v) is 10.3. The van der Waals surface area contributed by atoms with Crippen molar-refractivity contribution >= 4 is 0 Å². The third-order valence-electron chi connectivity index (χ3n) is 3.47. The van der Waals surface area contributed by atoms with Crippen LogP contribution in [0.3, 0.4) is 0 Å². The third kappa shape index (κ3) is 3.09. The maximum atomic E-state index is 5.75. The minimum Gasteiger partial charge on any atom is -0.481 e. The Hall–Kier alpha value is -1.29. The Kier molecular flexibility index (Phi) is 4.20. The zero-order valence-electron chi connectivity index (χ0n) is 10.3. The Morgan fingerprint density at radius 2 is 2.06 bits per heavy atom. The number of nitrogens with zero attached hydrogens (tertiary/aromatic N) is 1. The van der Waals surface area contributed by atoms with Gasteiger partial charge in [0.25, 0.3) is 0 Å². The van der Waals surface area contributed by atoms with Gasteiger partial charge in [-0.05, 0) is 31.2 Å². The van der Waals surface area contributed by atoms with E-state index in [4.69, 9.17) is 15.2 Å². The molecule has 0 radical (unpaired) electrons. The molecule has 1 heterocycles. The molecule has 2 atom stereocenters. The fraction of sp³-hybridized carbons (Fsp3) is 0.615. The Bertz CT molecular complexity index is 357. The van der Waals surface area contributed by atoms with Crippen LogP contribution in [0.1, 0.15) is 19.3 Å². The van der Waals surface area contributed by atoms with Crippen molar-refractivity contribution in [1.82, 2.24) is 4.98 Å². The average molecular weight is 236 g/mol. The Morgan fingerprint density at radius 1 is 1.29 bits per heavy atom. The smallest absolute Gasteiger partial charge is 0.216 e. The minimum atomic E-state index is 0.577. The highest BCUT2D eigenvalue weighted by molar-refractivity contribution is 5.19. The van der Waals surface area contributed by atoms with Crippen LogP contribution in [-0.2, 0) is 0 Å². The molecular formula is C13H20N2O2. The molecule has 94 valence electrons. The van der Waals surface area contributed by atoms with E-state index in [1.165, 1.54) is 19.3 Å². The third-order valence-corrected chi connectivity index (χ3v) is 3.47. The van der Waals surface area contributed by atoms with Gasteiger partial charge in [0.2, 0.25) is 11.8 Å². The predicted octanol–water partition coefficient (Wildman–Crippen LogP) is 1.84. The van der Waals surface area contributed by atoms with Gasteiger partial charge in [0.15, 0.2) is 0 Å². The summed E-state index contributed by atoms with van der Waals surface area (Å²) in [5, 5.41) is 0. The van der Waals surface area contributed by atoms with E-state index in [-0.39, 0.29) is 0 Å². The van der Waals surface area contributed by atoms with Crippen molar-refractivity contribution in [2.45, 2.75) is 19.3 Å². The van der Waals surface area contributed by atoms with Crippen LogP contribution in [0.2, 0.25) is 0 Å². The molecular weight excluding hydrogens is 216 g/mol. The second-order valence-corrected chi connectivity index (χ2v) is 4.52. The monoisotopic (exact) mass is 236 g/mol. The lowest BCUT2D eigenvalue weighted by atomic mass is 9.97. The van der Waals surface area contributed by atoms with Gasteiger partial charge in [-0.1, -0.05) is 12.5 Å². The molecule has 2 N–H and O–H groups in total. The summed E-state index contributed by atoms with van der Waals surface area (Å²) in [5.41, 5.74) is 5.75. The molecule has 2 rings (SSSR count). The van der Waals surface area contributed by atoms with Gasteiger partial charge in [0, 0.05) is 12.1 Å². The number of methoxy groups -OCH3 is 1. The summed E-state index contributed by atoms with van der Waals surface area (Å²) >= 11 is 0. The van der Waals surface area contributed by atoms with Crippen LogP contribution in [0.15, 0.2) is 18.2 Å². The van der Waals surface area contributed by atoms with E-state index in [1.54, 1.807) is 7.11 Å². The predicted molar refractivity (Wildman–Crippen MR) is 66.2 cm³/mol. The highest BCUT2D eigenvalue weighted by atomic mass is 16.5. The molecule has 0 saturated heterocycles. The molecule has 1 aliphatic carbocycles. The summed E-state index contributed by atoms with van der Waals surface area (Å²) in [5.74, 6) is 2.41. The molecule has 1 saturated carbocycles. The molecule has 0 bridgehead atoms. The lowest BCUT2D eigenvalue weighted by Crippen LogP contribution is -2.23. The maximum absolute atomic E-state index is 5.75. The van der Waals surface area contributed by atoms with Crippen molar-refractivity contribution < 1.29 is 9.47 Å². The van der Waals surface area contributed by atoms with Crippen LogP contribution in [-0.4, -0.2) is 25.2 Å². The first-order valence-corrected chi connectivity index (χ1v) is 6.17. The fourth-order valence-corrected chi connectivity index (χ4v) is 2.43. The van der Waals surface area contributed by atoms with Gasteiger partial charge in [-0.3, -0.25) is 0 Å². The van der Waals surface area contributed by atoms with Gasteiger partial charge in [0.1, 0.15) is 0 Å². The summed E-state index contributed by atoms with van der Waals surface area (Å²) in [7, 11) is 1.60. The van der Waals surface area contributed by atoms with E-state index in [0.29, 0.717) is 30.2 Å². The van der Waals surface area contributed by atoms with Gasteiger partial charge in [-0.2, -0.15) is 4.98 Å². The summed E-state index contributed by atoms with van der Waals surface area (Å²) in [4.78, 5) is 4.23. The second-order valence-electron chi connectivity index (χ2n) is 4.52. The van der Waals surface area contributed by atoms with Gasteiger partial charge < -0.3 is 15.2 Å². The SMILES string of the molecule is COc1cccc(OCC2CCCC2CN)n1. The minimum absolute atomic E-state index is 0.577. The molecule has 4 nitrogen and oxygen atoms in total. The van der Waals surface area contributed by atoms with Crippen LogP contribution in [0.25, 0.3) is 0 Å². The first-order valence-electron chi connectivity index (χ1n) is 6.17. The second kappa shape index (κ2) is 5.87. The van der Waals surface area contributed by atoms with Crippen LogP contribution in [0.5, 0.6) is 11.8 Å². The lowest BCUT2D eigenvalue weighted by Gasteiger charge is -2.17. The number of hydrogen-bond acceptors (Lipinski definition) is 4. The fourth-order valence-electron chi connectivity index (χ4n) is 2.43. The zero-order chi connectivity index (χ0) is 12.1. The van der Waals surface area contributed by atoms with Gasteiger partial charge in [-0.15, -0.1) is 0 Å². The molecule has 4 heteroatoms. The first kappa shape index (κ1) is 12.2. The van der Waals surface area contributed by atoms with Crippen molar-refractivity contribution in [3.05, 3.63) is 18.2 Å². The van der Waals surface area contributed by atoms with Crippen molar-refractivity contribution in [2.75, 3.05) is 20.3 Å². The Labute approximate surface area is 102 Å². The first-order chi connectivity index (χ1) is 8.33. The quantitative estimate of drug-likeness (QED) is 0.847. The van der Waals surface area contributed by atoms with Crippen LogP contribution in [0.4, 0.5) is 0 Å². The molecule has 1 fully saturated rings. The highest BCUT2D eigenvalue weighted by Crippen LogP contribution is 2.31. The Balaban J connectivity index is 1.88. The summed E-state index contributed by atoms with van der Waals surface area (Å²) in [6, 6.07) is 5.55. The molecule has 1 aromatic heterocycles. The summed E-state index contributed by atoms with van der Waals surface area (Å²) < 4.78 is 10.8. The lowest BCUT2D eigenvalue weighted by molar-refractivity contribution is 0.208. The largest absolute Gasteiger partial charge is 0.481 e. The van der Waals surface area contributed by atoms with E-state index in [0.717, 1.165) is 6.54 Å². The van der Waals surface area contributed by atoms with E-state index in [1.807, 2.05) is 18.2 Å². The van der Waals surface area contributed by atoms with E-state index in [9.17, 15) is 0 Å². The number of rotatable bonds is 5. The van der Waals surface area contributed by atoms with Crippen LogP contribution >= 0.6 is 0 Å². The van der Waals surface area contributed by atoms with Crippen molar-refractivity contribution in [2.24, 2.45) is 17.6 Å². The molecule has 0 amide bonds. The van der Waals surface area contributed by atoms with Crippen LogP contribution < -0.4 is 15.2 Å². The van der Waals surface area contributed by atoms with Gasteiger partial charge in [-0.25, -0.2) is 0 Å². The highest BCUT2D eigenvalue weighted by Gasteiger charge is 2.26. The van der Waals surface area contributed by atoms with Crippen LogP contribution in [0, 0.1) is 11.8 Å². The van der Waals surface area contributed by atoms with Gasteiger partial charge in [0.05, 0.1) is 13.7 Å². The number of hydrogen-bond donors (Lipinski definition) is 1. The number of aromatic nitrogens is 1. The molecule has 2 unspecified atom stereocenters. The topological polar surface area (TPSA) is 57.4 Å². The van der Waals surface area contributed by atoms with E-state index < -0.39 is 0 Å². The molecule has 1 aromatic rings. The molecule has 0 spiro atoms. The van der Waals surface area contributed by atoms with Crippen molar-refractivity contribution in [3.8, 4) is 11.8 Å². The van der Waals surface area contributed by atoms with Gasteiger partial charge >= 0.3 is 0 Å².